The molecule has 2 aromatic rings. The second-order valence-electron chi connectivity index (χ2n) is 2.90. The first-order chi connectivity index (χ1) is 6.76. The third-order valence-electron chi connectivity index (χ3n) is 2.02. The fourth-order valence-corrected chi connectivity index (χ4v) is 2.86. The summed E-state index contributed by atoms with van der Waals surface area (Å²) in [4.78, 5) is 1.19. The van der Waals surface area contributed by atoms with Gasteiger partial charge in [-0.1, -0.05) is 15.9 Å². The highest BCUT2D eigenvalue weighted by Gasteiger charge is 2.07. The Bertz CT molecular complexity index is 525. The Morgan fingerprint density at radius 3 is 2.93 bits per heavy atom. The van der Waals surface area contributed by atoms with E-state index in [1.165, 1.54) is 4.88 Å². The van der Waals surface area contributed by atoms with E-state index in [4.69, 9.17) is 11.0 Å². The summed E-state index contributed by atoms with van der Waals surface area (Å²) in [6.45, 7) is 0. The van der Waals surface area contributed by atoms with Crippen LogP contribution in [0.15, 0.2) is 18.2 Å². The lowest BCUT2D eigenvalue weighted by molar-refractivity contribution is 1.51. The van der Waals surface area contributed by atoms with Crippen molar-refractivity contribution in [2.24, 2.45) is 0 Å². The van der Waals surface area contributed by atoms with Crippen LogP contribution in [0.4, 0.5) is 5.69 Å². The topological polar surface area (TPSA) is 49.8 Å². The second kappa shape index (κ2) is 3.60. The number of benzene rings is 1. The highest BCUT2D eigenvalue weighted by atomic mass is 79.9. The van der Waals surface area contributed by atoms with Crippen molar-refractivity contribution in [3.63, 3.8) is 0 Å². The van der Waals surface area contributed by atoms with E-state index in [1.54, 1.807) is 23.5 Å². The number of anilines is 1. The zero-order valence-electron chi connectivity index (χ0n) is 7.25. The Kier molecular flexibility index (Phi) is 2.44. The quantitative estimate of drug-likeness (QED) is 0.637. The Hall–Kier alpha value is -1.05. The zero-order chi connectivity index (χ0) is 10.1. The summed E-state index contributed by atoms with van der Waals surface area (Å²) in [6, 6.07) is 7.76. The second-order valence-corrected chi connectivity index (χ2v) is 4.60. The minimum atomic E-state index is 0.700. The number of nitrogens with two attached hydrogens (primary N) is 1. The van der Waals surface area contributed by atoms with Crippen molar-refractivity contribution in [3.8, 4) is 6.07 Å². The van der Waals surface area contributed by atoms with Crippen LogP contribution in [0, 0.1) is 11.3 Å². The molecule has 14 heavy (non-hydrogen) atoms. The van der Waals surface area contributed by atoms with Gasteiger partial charge in [0.2, 0.25) is 0 Å². The van der Waals surface area contributed by atoms with E-state index in [1.807, 2.05) is 6.07 Å². The summed E-state index contributed by atoms with van der Waals surface area (Å²) >= 11 is 5.01. The maximum atomic E-state index is 8.91. The van der Waals surface area contributed by atoms with E-state index in [0.29, 0.717) is 5.56 Å². The molecule has 0 radical (unpaired) electrons. The number of hydrogen-bond donors (Lipinski definition) is 1. The van der Waals surface area contributed by atoms with Crippen molar-refractivity contribution in [1.29, 1.82) is 5.26 Å². The first kappa shape index (κ1) is 9.50. The Balaban J connectivity index is 2.83. The van der Waals surface area contributed by atoms with Crippen LogP contribution >= 0.6 is 27.3 Å². The van der Waals surface area contributed by atoms with Gasteiger partial charge >= 0.3 is 0 Å². The maximum Gasteiger partial charge on any atom is 0.101 e. The molecule has 2 rings (SSSR count). The molecule has 0 aliphatic carbocycles. The fourth-order valence-electron chi connectivity index (χ4n) is 1.35. The van der Waals surface area contributed by atoms with Crippen LogP contribution in [0.3, 0.4) is 0 Å². The molecule has 0 saturated heterocycles. The summed E-state index contributed by atoms with van der Waals surface area (Å²) in [5, 5.41) is 10.7. The summed E-state index contributed by atoms with van der Waals surface area (Å²) in [6.07, 6.45) is 0. The number of rotatable bonds is 1. The minimum absolute atomic E-state index is 0.700. The van der Waals surface area contributed by atoms with Crippen molar-refractivity contribution in [2.45, 2.75) is 5.33 Å². The molecular formula is C10H7BrN2S. The molecule has 0 amide bonds. The molecular weight excluding hydrogens is 260 g/mol. The molecule has 0 aliphatic rings. The van der Waals surface area contributed by atoms with Crippen LogP contribution < -0.4 is 5.73 Å². The summed E-state index contributed by atoms with van der Waals surface area (Å²) < 4.78 is 0.988. The first-order valence-electron chi connectivity index (χ1n) is 4.03. The van der Waals surface area contributed by atoms with Gasteiger partial charge in [-0.3, -0.25) is 0 Å². The number of alkyl halides is 1. The average molecular weight is 267 g/mol. The first-order valence-corrected chi connectivity index (χ1v) is 5.97. The van der Waals surface area contributed by atoms with E-state index in [-0.39, 0.29) is 0 Å². The minimum Gasteiger partial charge on any atom is -0.398 e. The highest BCUT2D eigenvalue weighted by molar-refractivity contribution is 9.08. The highest BCUT2D eigenvalue weighted by Crippen LogP contribution is 2.33. The molecule has 2 N–H and O–H groups in total. The number of nitrogen functional groups attached to an aromatic ring is 1. The van der Waals surface area contributed by atoms with Gasteiger partial charge in [0, 0.05) is 21.3 Å². The largest absolute Gasteiger partial charge is 0.398 e. The monoisotopic (exact) mass is 266 g/mol. The van der Waals surface area contributed by atoms with Crippen molar-refractivity contribution in [3.05, 3.63) is 28.6 Å². The predicted molar refractivity (Wildman–Crippen MR) is 63.6 cm³/mol. The van der Waals surface area contributed by atoms with Crippen molar-refractivity contribution < 1.29 is 0 Å². The zero-order valence-corrected chi connectivity index (χ0v) is 9.65. The summed E-state index contributed by atoms with van der Waals surface area (Å²) in [5.74, 6) is 0. The molecule has 0 saturated carbocycles. The van der Waals surface area contributed by atoms with Gasteiger partial charge in [-0.2, -0.15) is 5.26 Å². The lowest BCUT2D eigenvalue weighted by atomic mass is 10.1. The van der Waals surface area contributed by atoms with E-state index >= 15 is 0 Å². The summed E-state index contributed by atoms with van der Waals surface area (Å²) in [5.41, 5.74) is 7.27. The van der Waals surface area contributed by atoms with Crippen LogP contribution in [0.25, 0.3) is 10.1 Å². The average Bonchev–Trinajstić information content (AvgIpc) is 2.63. The Morgan fingerprint density at radius 1 is 1.50 bits per heavy atom. The van der Waals surface area contributed by atoms with E-state index in [2.05, 4.69) is 22.0 Å². The van der Waals surface area contributed by atoms with E-state index < -0.39 is 0 Å². The number of thiophene rings is 1. The molecule has 4 heteroatoms. The smallest absolute Gasteiger partial charge is 0.101 e. The third-order valence-corrected chi connectivity index (χ3v) is 4.16. The molecule has 0 bridgehead atoms. The number of hydrogen-bond acceptors (Lipinski definition) is 3. The van der Waals surface area contributed by atoms with E-state index in [0.717, 1.165) is 21.1 Å². The molecule has 1 heterocycles. The lowest BCUT2D eigenvalue weighted by Crippen LogP contribution is -1.85. The Labute approximate surface area is 94.1 Å². The Morgan fingerprint density at radius 2 is 2.29 bits per heavy atom. The maximum absolute atomic E-state index is 8.91. The molecule has 1 aromatic heterocycles. The van der Waals surface area contributed by atoms with Crippen molar-refractivity contribution in [1.82, 2.24) is 0 Å². The van der Waals surface area contributed by atoms with Gasteiger partial charge in [-0.05, 0) is 18.2 Å². The van der Waals surface area contributed by atoms with Gasteiger partial charge in [0.15, 0.2) is 0 Å². The number of nitrogens with zero attached hydrogens (tertiary/aromatic N) is 1. The lowest BCUT2D eigenvalue weighted by Gasteiger charge is -1.96. The van der Waals surface area contributed by atoms with Crippen molar-refractivity contribution in [2.75, 3.05) is 5.73 Å². The van der Waals surface area contributed by atoms with Crippen LogP contribution in [0.1, 0.15) is 10.4 Å². The summed E-state index contributed by atoms with van der Waals surface area (Å²) in [7, 11) is 0. The van der Waals surface area contributed by atoms with Gasteiger partial charge in [-0.25, -0.2) is 0 Å². The molecule has 0 atom stereocenters. The molecule has 2 nitrogen and oxygen atoms in total. The van der Waals surface area contributed by atoms with Gasteiger partial charge in [0.1, 0.15) is 6.07 Å². The SMILES string of the molecule is N#Cc1ccc(N)c2cc(CBr)sc12. The standard InChI is InChI=1S/C10H7BrN2S/c11-4-7-3-8-9(13)2-1-6(5-12)10(8)14-7/h1-3H,4,13H2. The molecule has 1 aromatic carbocycles. The van der Waals surface area contributed by atoms with E-state index in [9.17, 15) is 0 Å². The number of nitriles is 1. The number of fused-ring (bicyclic) bond motifs is 1. The van der Waals surface area contributed by atoms with Gasteiger partial charge in [0.05, 0.1) is 10.3 Å². The van der Waals surface area contributed by atoms with Gasteiger partial charge in [0.25, 0.3) is 0 Å². The van der Waals surface area contributed by atoms with Crippen LogP contribution in [-0.4, -0.2) is 0 Å². The predicted octanol–water partition coefficient (Wildman–Crippen LogP) is 3.25. The van der Waals surface area contributed by atoms with Crippen molar-refractivity contribution >= 4 is 43.0 Å². The third kappa shape index (κ3) is 1.39. The van der Waals surface area contributed by atoms with Crippen LogP contribution in [0.2, 0.25) is 0 Å². The normalized spacial score (nSPS) is 10.3. The molecule has 0 fully saturated rings. The molecule has 0 unspecified atom stereocenters. The van der Waals surface area contributed by atoms with Gasteiger partial charge in [-0.15, -0.1) is 11.3 Å². The molecule has 70 valence electrons. The fraction of sp³-hybridized carbons (Fsp3) is 0.100. The molecule has 0 spiro atoms. The molecule has 0 aliphatic heterocycles. The van der Waals surface area contributed by atoms with Gasteiger partial charge < -0.3 is 5.73 Å². The van der Waals surface area contributed by atoms with Crippen LogP contribution in [-0.2, 0) is 5.33 Å². The van der Waals surface area contributed by atoms with Crippen LogP contribution in [0.5, 0.6) is 0 Å². The number of halogens is 1.